The van der Waals surface area contributed by atoms with E-state index >= 15 is 0 Å². The van der Waals surface area contributed by atoms with Gasteiger partial charge in [-0.3, -0.25) is 9.69 Å². The van der Waals surface area contributed by atoms with Gasteiger partial charge in [0.05, 0.1) is 13.2 Å². The van der Waals surface area contributed by atoms with E-state index in [2.05, 4.69) is 40.7 Å². The van der Waals surface area contributed by atoms with Crippen molar-refractivity contribution in [2.75, 3.05) is 44.7 Å². The quantitative estimate of drug-likeness (QED) is 0.888. The highest BCUT2D eigenvalue weighted by Gasteiger charge is 2.21. The first-order valence-electron chi connectivity index (χ1n) is 8.63. The summed E-state index contributed by atoms with van der Waals surface area (Å²) >= 11 is 0. The van der Waals surface area contributed by atoms with Crippen molar-refractivity contribution in [3.63, 3.8) is 0 Å². The third-order valence-corrected chi connectivity index (χ3v) is 4.78. The fraction of sp³-hybridized carbons (Fsp3) is 0.611. The molecule has 2 heterocycles. The summed E-state index contributed by atoms with van der Waals surface area (Å²) in [5.74, 6) is 0.302. The van der Waals surface area contributed by atoms with Gasteiger partial charge >= 0.3 is 0 Å². The summed E-state index contributed by atoms with van der Waals surface area (Å²) in [5.41, 5.74) is 3.33. The molecule has 1 amide bonds. The molecule has 1 aromatic rings. The molecule has 0 bridgehead atoms. The molecule has 2 aliphatic rings. The Bertz CT molecular complexity index is 535. The summed E-state index contributed by atoms with van der Waals surface area (Å²) in [4.78, 5) is 14.9. The highest BCUT2D eigenvalue weighted by Crippen LogP contribution is 2.21. The third-order valence-electron chi connectivity index (χ3n) is 4.78. The van der Waals surface area contributed by atoms with Crippen LogP contribution >= 0.6 is 0 Å². The number of rotatable bonds is 4. The maximum absolute atomic E-state index is 12.5. The molecule has 126 valence electrons. The molecule has 0 radical (unpaired) electrons. The van der Waals surface area contributed by atoms with Crippen LogP contribution in [0.2, 0.25) is 0 Å². The number of hydrogen-bond donors (Lipinski definition) is 2. The van der Waals surface area contributed by atoms with Crippen molar-refractivity contribution in [3.05, 3.63) is 29.3 Å². The van der Waals surface area contributed by atoms with Crippen molar-refractivity contribution in [2.24, 2.45) is 5.92 Å². The first kappa shape index (κ1) is 16.4. The fourth-order valence-electron chi connectivity index (χ4n) is 3.24. The van der Waals surface area contributed by atoms with E-state index in [0.29, 0.717) is 0 Å². The van der Waals surface area contributed by atoms with Gasteiger partial charge in [-0.05, 0) is 50.0 Å². The van der Waals surface area contributed by atoms with E-state index in [9.17, 15) is 4.79 Å². The zero-order chi connectivity index (χ0) is 16.1. The van der Waals surface area contributed by atoms with Gasteiger partial charge < -0.3 is 15.4 Å². The summed E-state index contributed by atoms with van der Waals surface area (Å²) in [6.07, 6.45) is 1.86. The molecule has 2 fully saturated rings. The van der Waals surface area contributed by atoms with E-state index in [0.717, 1.165) is 70.0 Å². The molecule has 0 aromatic heterocycles. The predicted molar refractivity (Wildman–Crippen MR) is 91.5 cm³/mol. The van der Waals surface area contributed by atoms with Crippen molar-refractivity contribution < 1.29 is 9.53 Å². The number of morpholine rings is 1. The lowest BCUT2D eigenvalue weighted by Crippen LogP contribution is -2.35. The second-order valence-corrected chi connectivity index (χ2v) is 6.55. The Morgan fingerprint density at radius 2 is 2.04 bits per heavy atom. The number of amides is 1. The molecule has 0 atom stereocenters. The fourth-order valence-corrected chi connectivity index (χ4v) is 3.24. The molecule has 2 saturated heterocycles. The summed E-state index contributed by atoms with van der Waals surface area (Å²) < 4.78 is 5.40. The SMILES string of the molecule is Cc1ccc(CN2CCOCC2)cc1NC(=O)C1CCNCC1. The van der Waals surface area contributed by atoms with Crippen molar-refractivity contribution in [3.8, 4) is 0 Å². The molecule has 0 unspecified atom stereocenters. The molecule has 0 aliphatic carbocycles. The van der Waals surface area contributed by atoms with Crippen LogP contribution in [0.15, 0.2) is 18.2 Å². The number of hydrogen-bond acceptors (Lipinski definition) is 4. The number of ether oxygens (including phenoxy) is 1. The van der Waals surface area contributed by atoms with Crippen LogP contribution in [0.5, 0.6) is 0 Å². The molecule has 23 heavy (non-hydrogen) atoms. The highest BCUT2D eigenvalue weighted by molar-refractivity contribution is 5.93. The Balaban J connectivity index is 1.63. The Morgan fingerprint density at radius 3 is 2.78 bits per heavy atom. The highest BCUT2D eigenvalue weighted by atomic mass is 16.5. The number of nitrogens with one attached hydrogen (secondary N) is 2. The van der Waals surface area contributed by atoms with E-state index in [-0.39, 0.29) is 11.8 Å². The Labute approximate surface area is 138 Å². The zero-order valence-corrected chi connectivity index (χ0v) is 13.9. The smallest absolute Gasteiger partial charge is 0.227 e. The lowest BCUT2D eigenvalue weighted by molar-refractivity contribution is -0.120. The van der Waals surface area contributed by atoms with Crippen molar-refractivity contribution in [1.82, 2.24) is 10.2 Å². The van der Waals surface area contributed by atoms with Crippen LogP contribution in [0, 0.1) is 12.8 Å². The average molecular weight is 317 g/mol. The van der Waals surface area contributed by atoms with Gasteiger partial charge in [-0.15, -0.1) is 0 Å². The van der Waals surface area contributed by atoms with Gasteiger partial charge in [-0.2, -0.15) is 0 Å². The second-order valence-electron chi connectivity index (χ2n) is 6.55. The molecule has 3 rings (SSSR count). The van der Waals surface area contributed by atoms with Gasteiger partial charge in [0.2, 0.25) is 5.91 Å². The molecule has 5 heteroatoms. The van der Waals surface area contributed by atoms with Crippen LogP contribution in [0.4, 0.5) is 5.69 Å². The van der Waals surface area contributed by atoms with Gasteiger partial charge in [-0.1, -0.05) is 12.1 Å². The molecule has 1 aromatic carbocycles. The Morgan fingerprint density at radius 1 is 1.30 bits per heavy atom. The number of carbonyl (C=O) groups is 1. The van der Waals surface area contributed by atoms with Crippen molar-refractivity contribution >= 4 is 11.6 Å². The molecule has 5 nitrogen and oxygen atoms in total. The van der Waals surface area contributed by atoms with Crippen LogP contribution < -0.4 is 10.6 Å². The number of aryl methyl sites for hydroxylation is 1. The molecule has 0 spiro atoms. The van der Waals surface area contributed by atoms with Gasteiger partial charge in [0.1, 0.15) is 0 Å². The number of benzene rings is 1. The maximum Gasteiger partial charge on any atom is 0.227 e. The molecule has 2 N–H and O–H groups in total. The van der Waals surface area contributed by atoms with Crippen molar-refractivity contribution in [1.29, 1.82) is 0 Å². The minimum Gasteiger partial charge on any atom is -0.379 e. The maximum atomic E-state index is 12.5. The minimum atomic E-state index is 0.138. The molecular weight excluding hydrogens is 290 g/mol. The zero-order valence-electron chi connectivity index (χ0n) is 13.9. The van der Waals surface area contributed by atoms with Gasteiger partial charge in [0.15, 0.2) is 0 Å². The van der Waals surface area contributed by atoms with Gasteiger partial charge in [0.25, 0.3) is 0 Å². The van der Waals surface area contributed by atoms with Gasteiger partial charge in [-0.25, -0.2) is 0 Å². The molecule has 0 saturated carbocycles. The lowest BCUT2D eigenvalue weighted by atomic mass is 9.97. The van der Waals surface area contributed by atoms with Crippen LogP contribution in [-0.4, -0.2) is 50.2 Å². The summed E-state index contributed by atoms with van der Waals surface area (Å²) in [7, 11) is 0. The summed E-state index contributed by atoms with van der Waals surface area (Å²) in [6.45, 7) is 8.42. The third kappa shape index (κ3) is 4.53. The van der Waals surface area contributed by atoms with E-state index in [1.165, 1.54) is 5.56 Å². The van der Waals surface area contributed by atoms with E-state index < -0.39 is 0 Å². The number of piperidine rings is 1. The summed E-state index contributed by atoms with van der Waals surface area (Å²) in [6, 6.07) is 6.39. The first-order valence-corrected chi connectivity index (χ1v) is 8.63. The van der Waals surface area contributed by atoms with Gasteiger partial charge in [0, 0.05) is 31.2 Å². The predicted octanol–water partition coefficient (Wildman–Crippen LogP) is 1.77. The number of nitrogens with zero attached hydrogens (tertiary/aromatic N) is 1. The number of carbonyl (C=O) groups excluding carboxylic acids is 1. The topological polar surface area (TPSA) is 53.6 Å². The normalized spacial score (nSPS) is 20.4. The first-order chi connectivity index (χ1) is 11.2. The minimum absolute atomic E-state index is 0.138. The van der Waals surface area contributed by atoms with Crippen LogP contribution in [0.1, 0.15) is 24.0 Å². The standard InChI is InChI=1S/C18H27N3O2/c1-14-2-3-15(13-21-8-10-23-11-9-21)12-17(14)20-18(22)16-4-6-19-7-5-16/h2-3,12,16,19H,4-11,13H2,1H3,(H,20,22). The summed E-state index contributed by atoms with van der Waals surface area (Å²) in [5, 5.41) is 6.45. The average Bonchev–Trinajstić information content (AvgIpc) is 2.59. The van der Waals surface area contributed by atoms with Crippen LogP contribution in [0.25, 0.3) is 0 Å². The van der Waals surface area contributed by atoms with E-state index in [1.54, 1.807) is 0 Å². The number of anilines is 1. The molecular formula is C18H27N3O2. The van der Waals surface area contributed by atoms with Crippen molar-refractivity contribution in [2.45, 2.75) is 26.3 Å². The largest absolute Gasteiger partial charge is 0.379 e. The second kappa shape index (κ2) is 7.90. The Hall–Kier alpha value is -1.43. The van der Waals surface area contributed by atoms with Crippen LogP contribution in [-0.2, 0) is 16.1 Å². The van der Waals surface area contributed by atoms with E-state index in [1.807, 2.05) is 0 Å². The van der Waals surface area contributed by atoms with Crippen LogP contribution in [0.3, 0.4) is 0 Å². The molecule has 2 aliphatic heterocycles. The van der Waals surface area contributed by atoms with E-state index in [4.69, 9.17) is 4.74 Å². The Kier molecular flexibility index (Phi) is 5.65. The lowest BCUT2D eigenvalue weighted by Gasteiger charge is -2.27. The monoisotopic (exact) mass is 317 g/mol.